The molecule has 3 atom stereocenters. The number of hydrogen-bond acceptors (Lipinski definition) is 4. The highest BCUT2D eigenvalue weighted by Crippen LogP contribution is 2.32. The zero-order valence-electron chi connectivity index (χ0n) is 13.1. The van der Waals surface area contributed by atoms with E-state index in [1.165, 1.54) is 17.8 Å². The Morgan fingerprint density at radius 1 is 1.17 bits per heavy atom. The van der Waals surface area contributed by atoms with Gasteiger partial charge in [0.05, 0.1) is 4.88 Å². The van der Waals surface area contributed by atoms with Gasteiger partial charge in [0.15, 0.2) is 0 Å². The SMILES string of the molecule is NC(=O)c1ccccc1-c1ccc(C(=O)NC2CC3CCC2N3)s1. The van der Waals surface area contributed by atoms with Crippen LogP contribution in [0.2, 0.25) is 0 Å². The molecule has 2 amide bonds. The summed E-state index contributed by atoms with van der Waals surface area (Å²) in [5.74, 6) is -0.500. The molecule has 2 aliphatic rings. The van der Waals surface area contributed by atoms with Crippen LogP contribution in [-0.4, -0.2) is 29.9 Å². The van der Waals surface area contributed by atoms with Crippen LogP contribution < -0.4 is 16.4 Å². The first kappa shape index (κ1) is 15.4. The highest BCUT2D eigenvalue weighted by Gasteiger charge is 2.39. The molecule has 0 saturated carbocycles. The quantitative estimate of drug-likeness (QED) is 0.796. The molecule has 3 heterocycles. The Labute approximate surface area is 144 Å². The molecule has 2 aromatic rings. The van der Waals surface area contributed by atoms with Gasteiger partial charge >= 0.3 is 0 Å². The molecule has 3 unspecified atom stereocenters. The number of carbonyl (C=O) groups is 2. The number of primary amides is 1. The topological polar surface area (TPSA) is 84.2 Å². The predicted molar refractivity (Wildman–Crippen MR) is 94.1 cm³/mol. The van der Waals surface area contributed by atoms with Crippen molar-refractivity contribution in [3.8, 4) is 10.4 Å². The summed E-state index contributed by atoms with van der Waals surface area (Å²) in [5.41, 5.74) is 6.69. The molecule has 4 N–H and O–H groups in total. The molecule has 1 aromatic carbocycles. The lowest BCUT2D eigenvalue weighted by molar-refractivity contribution is 0.0934. The minimum atomic E-state index is -0.460. The van der Waals surface area contributed by atoms with Crippen molar-refractivity contribution in [2.75, 3.05) is 0 Å². The molecule has 0 radical (unpaired) electrons. The Morgan fingerprint density at radius 2 is 2.00 bits per heavy atom. The van der Waals surface area contributed by atoms with Gasteiger partial charge in [-0.2, -0.15) is 0 Å². The molecule has 0 spiro atoms. The largest absolute Gasteiger partial charge is 0.366 e. The first-order valence-corrected chi connectivity index (χ1v) is 8.99. The van der Waals surface area contributed by atoms with E-state index >= 15 is 0 Å². The van der Waals surface area contributed by atoms with E-state index in [9.17, 15) is 9.59 Å². The summed E-state index contributed by atoms with van der Waals surface area (Å²) in [6.07, 6.45) is 3.36. The van der Waals surface area contributed by atoms with Crippen molar-refractivity contribution in [1.82, 2.24) is 10.6 Å². The van der Waals surface area contributed by atoms with Gasteiger partial charge in [0, 0.05) is 34.1 Å². The lowest BCUT2D eigenvalue weighted by Crippen LogP contribution is -2.42. The lowest BCUT2D eigenvalue weighted by Gasteiger charge is -2.21. The smallest absolute Gasteiger partial charge is 0.261 e. The third kappa shape index (κ3) is 2.72. The van der Waals surface area contributed by atoms with Crippen molar-refractivity contribution < 1.29 is 9.59 Å². The van der Waals surface area contributed by atoms with Crippen LogP contribution in [0.25, 0.3) is 10.4 Å². The van der Waals surface area contributed by atoms with E-state index in [0.29, 0.717) is 22.5 Å². The van der Waals surface area contributed by atoms with Crippen molar-refractivity contribution in [2.24, 2.45) is 5.73 Å². The Kier molecular flexibility index (Phi) is 3.86. The Morgan fingerprint density at radius 3 is 2.71 bits per heavy atom. The van der Waals surface area contributed by atoms with E-state index in [1.54, 1.807) is 12.1 Å². The van der Waals surface area contributed by atoms with Gasteiger partial charge in [-0.1, -0.05) is 18.2 Å². The standard InChI is InChI=1S/C18H19N3O2S/c19-17(22)12-4-2-1-3-11(12)15-7-8-16(24-15)18(23)21-14-9-10-5-6-13(14)20-10/h1-4,7-8,10,13-14,20H,5-6,9H2,(H2,19,22)(H,21,23). The number of hydrogen-bond donors (Lipinski definition) is 3. The third-order valence-corrected chi connectivity index (χ3v) is 6.02. The van der Waals surface area contributed by atoms with Crippen LogP contribution in [0.4, 0.5) is 0 Å². The molecular weight excluding hydrogens is 322 g/mol. The van der Waals surface area contributed by atoms with Crippen molar-refractivity contribution >= 4 is 23.2 Å². The van der Waals surface area contributed by atoms with Gasteiger partial charge in [-0.15, -0.1) is 11.3 Å². The van der Waals surface area contributed by atoms with Crippen LogP contribution in [0.3, 0.4) is 0 Å². The van der Waals surface area contributed by atoms with Crippen LogP contribution in [0.15, 0.2) is 36.4 Å². The summed E-state index contributed by atoms with van der Waals surface area (Å²) in [7, 11) is 0. The molecule has 6 heteroatoms. The van der Waals surface area contributed by atoms with Gasteiger partial charge in [0.25, 0.3) is 5.91 Å². The number of benzene rings is 1. The molecule has 4 rings (SSSR count). The van der Waals surface area contributed by atoms with Gasteiger partial charge in [-0.25, -0.2) is 0 Å². The third-order valence-electron chi connectivity index (χ3n) is 4.90. The number of amides is 2. The number of carbonyl (C=O) groups excluding carboxylic acids is 2. The number of nitrogens with one attached hydrogen (secondary N) is 2. The molecule has 2 bridgehead atoms. The predicted octanol–water partition coefficient (Wildman–Crippen LogP) is 2.14. The summed E-state index contributed by atoms with van der Waals surface area (Å²) >= 11 is 1.39. The van der Waals surface area contributed by atoms with Crippen LogP contribution in [0.5, 0.6) is 0 Å². The lowest BCUT2D eigenvalue weighted by atomic mass is 9.95. The minimum absolute atomic E-state index is 0.0397. The summed E-state index contributed by atoms with van der Waals surface area (Å²) in [6.45, 7) is 0. The van der Waals surface area contributed by atoms with Crippen molar-refractivity contribution in [1.29, 1.82) is 0 Å². The summed E-state index contributed by atoms with van der Waals surface area (Å²) in [5, 5.41) is 6.67. The second-order valence-electron chi connectivity index (χ2n) is 6.44. The number of thiophene rings is 1. The fraction of sp³-hybridized carbons (Fsp3) is 0.333. The molecular formula is C18H19N3O2S. The maximum atomic E-state index is 12.5. The fourth-order valence-corrected chi connectivity index (χ4v) is 4.69. The molecule has 124 valence electrons. The normalized spacial score (nSPS) is 24.9. The molecule has 2 saturated heterocycles. The molecule has 2 aliphatic heterocycles. The maximum absolute atomic E-state index is 12.5. The zero-order chi connectivity index (χ0) is 16.7. The summed E-state index contributed by atoms with van der Waals surface area (Å²) in [4.78, 5) is 25.6. The van der Waals surface area contributed by atoms with Crippen molar-refractivity contribution in [3.05, 3.63) is 46.8 Å². The first-order chi connectivity index (χ1) is 11.6. The highest BCUT2D eigenvalue weighted by atomic mass is 32.1. The average Bonchev–Trinajstić information content (AvgIpc) is 3.31. The molecule has 24 heavy (non-hydrogen) atoms. The van der Waals surface area contributed by atoms with E-state index in [-0.39, 0.29) is 11.9 Å². The van der Waals surface area contributed by atoms with Gasteiger partial charge in [0.2, 0.25) is 5.91 Å². The van der Waals surface area contributed by atoms with Crippen LogP contribution in [-0.2, 0) is 0 Å². The number of rotatable bonds is 4. The van der Waals surface area contributed by atoms with Gasteiger partial charge in [-0.05, 0) is 37.5 Å². The van der Waals surface area contributed by atoms with Crippen molar-refractivity contribution in [2.45, 2.75) is 37.4 Å². The molecule has 5 nitrogen and oxygen atoms in total. The molecule has 2 fully saturated rings. The first-order valence-electron chi connectivity index (χ1n) is 8.18. The van der Waals surface area contributed by atoms with Crippen LogP contribution in [0.1, 0.15) is 39.3 Å². The van der Waals surface area contributed by atoms with Crippen LogP contribution in [0, 0.1) is 0 Å². The number of nitrogens with two attached hydrogens (primary N) is 1. The average molecular weight is 341 g/mol. The van der Waals surface area contributed by atoms with E-state index < -0.39 is 5.91 Å². The Bertz CT molecular complexity index is 801. The van der Waals surface area contributed by atoms with E-state index in [4.69, 9.17) is 5.73 Å². The van der Waals surface area contributed by atoms with E-state index in [2.05, 4.69) is 10.6 Å². The van der Waals surface area contributed by atoms with Gasteiger partial charge in [-0.3, -0.25) is 9.59 Å². The van der Waals surface area contributed by atoms with E-state index in [1.807, 2.05) is 24.3 Å². The molecule has 0 aliphatic carbocycles. The van der Waals surface area contributed by atoms with Gasteiger partial charge in [0.1, 0.15) is 0 Å². The monoisotopic (exact) mass is 341 g/mol. The summed E-state index contributed by atoms with van der Waals surface area (Å²) in [6, 6.07) is 12.1. The highest BCUT2D eigenvalue weighted by molar-refractivity contribution is 7.17. The Hall–Kier alpha value is -2.18. The number of fused-ring (bicyclic) bond motifs is 2. The minimum Gasteiger partial charge on any atom is -0.366 e. The summed E-state index contributed by atoms with van der Waals surface area (Å²) < 4.78 is 0. The van der Waals surface area contributed by atoms with E-state index in [0.717, 1.165) is 23.3 Å². The molecule has 1 aromatic heterocycles. The zero-order valence-corrected chi connectivity index (χ0v) is 13.9. The Balaban J connectivity index is 1.53. The van der Waals surface area contributed by atoms with Crippen molar-refractivity contribution in [3.63, 3.8) is 0 Å². The second-order valence-corrected chi connectivity index (χ2v) is 7.52. The van der Waals surface area contributed by atoms with Gasteiger partial charge < -0.3 is 16.4 Å². The van der Waals surface area contributed by atoms with Crippen LogP contribution >= 0.6 is 11.3 Å². The fourth-order valence-electron chi connectivity index (χ4n) is 3.74. The second kappa shape index (κ2) is 6.03. The maximum Gasteiger partial charge on any atom is 0.261 e.